The highest BCUT2D eigenvalue weighted by atomic mass is 32.2. The number of amides is 1. The van der Waals surface area contributed by atoms with E-state index in [9.17, 15) is 13.2 Å². The van der Waals surface area contributed by atoms with Crippen molar-refractivity contribution in [1.82, 2.24) is 0 Å². The summed E-state index contributed by atoms with van der Waals surface area (Å²) in [6, 6.07) is 15.4. The molecule has 0 aliphatic heterocycles. The highest BCUT2D eigenvalue weighted by Gasteiger charge is 2.11. The Morgan fingerprint density at radius 1 is 1.04 bits per heavy atom. The van der Waals surface area contributed by atoms with Gasteiger partial charge in [0.15, 0.2) is 9.84 Å². The predicted molar refractivity (Wildman–Crippen MR) is 89.4 cm³/mol. The zero-order valence-electron chi connectivity index (χ0n) is 12.9. The molecule has 0 aromatic heterocycles. The van der Waals surface area contributed by atoms with Gasteiger partial charge in [-0.1, -0.05) is 25.1 Å². The lowest BCUT2D eigenvalue weighted by Gasteiger charge is -2.08. The molecule has 2 aromatic rings. The summed E-state index contributed by atoms with van der Waals surface area (Å²) in [7, 11) is -3.22. The number of benzene rings is 2. The average molecular weight is 333 g/mol. The molecule has 0 unspecified atom stereocenters. The fourth-order valence-corrected chi connectivity index (χ4v) is 2.80. The Morgan fingerprint density at radius 3 is 2.30 bits per heavy atom. The molecule has 2 rings (SSSR count). The van der Waals surface area contributed by atoms with Crippen LogP contribution in [0.15, 0.2) is 59.5 Å². The maximum absolute atomic E-state index is 11.8. The molecule has 0 saturated heterocycles. The second kappa shape index (κ2) is 7.78. The van der Waals surface area contributed by atoms with Crippen LogP contribution in [0.5, 0.6) is 5.75 Å². The van der Waals surface area contributed by atoms with Gasteiger partial charge in [-0.15, -0.1) is 0 Å². The van der Waals surface area contributed by atoms with E-state index in [1.165, 1.54) is 12.1 Å². The molecule has 5 nitrogen and oxygen atoms in total. The van der Waals surface area contributed by atoms with Gasteiger partial charge in [-0.2, -0.15) is 0 Å². The number of hydrogen-bond acceptors (Lipinski definition) is 4. The van der Waals surface area contributed by atoms with Gasteiger partial charge >= 0.3 is 0 Å². The third kappa shape index (κ3) is 5.10. The monoisotopic (exact) mass is 333 g/mol. The quantitative estimate of drug-likeness (QED) is 0.845. The second-order valence-electron chi connectivity index (χ2n) is 4.89. The van der Waals surface area contributed by atoms with Crippen molar-refractivity contribution in [2.45, 2.75) is 18.2 Å². The topological polar surface area (TPSA) is 72.5 Å². The van der Waals surface area contributed by atoms with Crippen LogP contribution in [-0.4, -0.2) is 26.7 Å². The summed E-state index contributed by atoms with van der Waals surface area (Å²) in [5.41, 5.74) is 0.560. The Balaban J connectivity index is 1.83. The Labute approximate surface area is 136 Å². The molecule has 0 heterocycles. The van der Waals surface area contributed by atoms with Crippen molar-refractivity contribution >= 4 is 21.4 Å². The minimum absolute atomic E-state index is 0.0511. The summed E-state index contributed by atoms with van der Waals surface area (Å²) >= 11 is 0. The molecule has 0 aliphatic carbocycles. The van der Waals surface area contributed by atoms with Gasteiger partial charge in [-0.25, -0.2) is 8.42 Å². The van der Waals surface area contributed by atoms with Crippen LogP contribution >= 0.6 is 0 Å². The largest absolute Gasteiger partial charge is 0.493 e. The zero-order valence-corrected chi connectivity index (χ0v) is 13.7. The minimum Gasteiger partial charge on any atom is -0.493 e. The number of para-hydroxylation sites is 1. The maximum atomic E-state index is 11.8. The van der Waals surface area contributed by atoms with Crippen LogP contribution in [0.1, 0.15) is 13.3 Å². The van der Waals surface area contributed by atoms with E-state index >= 15 is 0 Å². The summed E-state index contributed by atoms with van der Waals surface area (Å²) < 4.78 is 28.9. The van der Waals surface area contributed by atoms with E-state index in [0.717, 1.165) is 5.75 Å². The van der Waals surface area contributed by atoms with Crippen molar-refractivity contribution in [3.8, 4) is 5.75 Å². The number of rotatable bonds is 7. The summed E-state index contributed by atoms with van der Waals surface area (Å²) in [6.07, 6.45) is 0.212. The molecule has 6 heteroatoms. The van der Waals surface area contributed by atoms with E-state index in [2.05, 4.69) is 5.32 Å². The molecule has 0 aliphatic rings. The summed E-state index contributed by atoms with van der Waals surface area (Å²) in [6.45, 7) is 1.87. The van der Waals surface area contributed by atoms with Crippen LogP contribution in [0.2, 0.25) is 0 Å². The molecular weight excluding hydrogens is 314 g/mol. The van der Waals surface area contributed by atoms with E-state index in [4.69, 9.17) is 4.74 Å². The zero-order chi connectivity index (χ0) is 16.7. The van der Waals surface area contributed by atoms with Crippen molar-refractivity contribution in [3.05, 3.63) is 54.6 Å². The van der Waals surface area contributed by atoms with Gasteiger partial charge in [0.1, 0.15) is 5.75 Å². The Bertz CT molecular complexity index is 740. The highest BCUT2D eigenvalue weighted by Crippen LogP contribution is 2.15. The fourth-order valence-electron chi connectivity index (χ4n) is 1.91. The molecule has 122 valence electrons. The molecule has 0 spiro atoms. The van der Waals surface area contributed by atoms with Crippen molar-refractivity contribution in [2.24, 2.45) is 0 Å². The maximum Gasteiger partial charge on any atom is 0.227 e. The van der Waals surface area contributed by atoms with Crippen LogP contribution < -0.4 is 10.1 Å². The molecule has 0 fully saturated rings. The van der Waals surface area contributed by atoms with Crippen molar-refractivity contribution in [3.63, 3.8) is 0 Å². The number of carbonyl (C=O) groups is 1. The van der Waals surface area contributed by atoms with Crippen LogP contribution in [0.25, 0.3) is 0 Å². The van der Waals surface area contributed by atoms with E-state index in [0.29, 0.717) is 5.69 Å². The number of hydrogen-bond donors (Lipinski definition) is 1. The second-order valence-corrected chi connectivity index (χ2v) is 7.17. The number of nitrogens with one attached hydrogen (secondary N) is 1. The molecule has 0 atom stereocenters. The van der Waals surface area contributed by atoms with Crippen molar-refractivity contribution in [1.29, 1.82) is 0 Å². The average Bonchev–Trinajstić information content (AvgIpc) is 2.56. The first kappa shape index (κ1) is 17.0. The molecule has 23 heavy (non-hydrogen) atoms. The van der Waals surface area contributed by atoms with Gasteiger partial charge in [0.25, 0.3) is 0 Å². The molecule has 2 aromatic carbocycles. The third-order valence-electron chi connectivity index (χ3n) is 3.22. The number of sulfone groups is 1. The molecule has 1 amide bonds. The van der Waals surface area contributed by atoms with Gasteiger partial charge in [0, 0.05) is 5.69 Å². The molecule has 0 bridgehead atoms. The number of ether oxygens (including phenoxy) is 1. The Kier molecular flexibility index (Phi) is 5.76. The number of anilines is 1. The van der Waals surface area contributed by atoms with Crippen molar-refractivity contribution in [2.75, 3.05) is 17.7 Å². The van der Waals surface area contributed by atoms with Crippen LogP contribution in [0, 0.1) is 0 Å². The van der Waals surface area contributed by atoms with Crippen LogP contribution in [0.3, 0.4) is 0 Å². The van der Waals surface area contributed by atoms with E-state index in [-0.39, 0.29) is 29.6 Å². The van der Waals surface area contributed by atoms with Crippen molar-refractivity contribution < 1.29 is 17.9 Å². The van der Waals surface area contributed by atoms with E-state index in [1.807, 2.05) is 30.3 Å². The normalized spacial score (nSPS) is 11.0. The lowest BCUT2D eigenvalue weighted by Crippen LogP contribution is -2.15. The minimum atomic E-state index is -3.22. The third-order valence-corrected chi connectivity index (χ3v) is 4.97. The first-order valence-electron chi connectivity index (χ1n) is 7.32. The summed E-state index contributed by atoms with van der Waals surface area (Å²) in [5, 5.41) is 2.71. The van der Waals surface area contributed by atoms with Crippen LogP contribution in [0.4, 0.5) is 5.69 Å². The lowest BCUT2D eigenvalue weighted by atomic mass is 10.3. The first-order chi connectivity index (χ1) is 11.0. The Morgan fingerprint density at radius 2 is 1.70 bits per heavy atom. The smallest absolute Gasteiger partial charge is 0.227 e. The van der Waals surface area contributed by atoms with Gasteiger partial charge < -0.3 is 10.1 Å². The standard InChI is InChI=1S/C17H19NO4S/c1-2-23(20,21)16-10-8-14(9-11-16)18-17(19)12-13-22-15-6-4-3-5-7-15/h3-11H,2,12-13H2,1H3,(H,18,19). The van der Waals surface area contributed by atoms with Gasteiger partial charge in [0.05, 0.1) is 23.7 Å². The highest BCUT2D eigenvalue weighted by molar-refractivity contribution is 7.91. The molecule has 0 saturated carbocycles. The number of carbonyl (C=O) groups excluding carboxylic acids is 1. The Hall–Kier alpha value is -2.34. The SMILES string of the molecule is CCS(=O)(=O)c1ccc(NC(=O)CCOc2ccccc2)cc1. The predicted octanol–water partition coefficient (Wildman–Crippen LogP) is 2.89. The first-order valence-corrected chi connectivity index (χ1v) is 8.97. The fraction of sp³-hybridized carbons (Fsp3) is 0.235. The summed E-state index contributed by atoms with van der Waals surface area (Å²) in [5.74, 6) is 0.580. The van der Waals surface area contributed by atoms with E-state index < -0.39 is 9.84 Å². The summed E-state index contributed by atoms with van der Waals surface area (Å²) in [4.78, 5) is 12.1. The van der Waals surface area contributed by atoms with Gasteiger partial charge in [-0.05, 0) is 36.4 Å². The van der Waals surface area contributed by atoms with Crippen LogP contribution in [-0.2, 0) is 14.6 Å². The molecule has 1 N–H and O–H groups in total. The van der Waals surface area contributed by atoms with E-state index in [1.54, 1.807) is 19.1 Å². The lowest BCUT2D eigenvalue weighted by molar-refractivity contribution is -0.116. The molecular formula is C17H19NO4S. The van der Waals surface area contributed by atoms with Gasteiger partial charge in [0.2, 0.25) is 5.91 Å². The van der Waals surface area contributed by atoms with Gasteiger partial charge in [-0.3, -0.25) is 4.79 Å². The molecule has 0 radical (unpaired) electrons.